The van der Waals surface area contributed by atoms with E-state index in [2.05, 4.69) is 26.5 Å². The molecule has 1 N–H and O–H groups in total. The van der Waals surface area contributed by atoms with Crippen LogP contribution in [-0.4, -0.2) is 18.1 Å². The first-order valence-corrected chi connectivity index (χ1v) is 9.77. The van der Waals surface area contributed by atoms with Gasteiger partial charge in [-0.3, -0.25) is 4.79 Å². The lowest BCUT2D eigenvalue weighted by atomic mass is 10.1. The maximum absolute atomic E-state index is 12.4. The van der Waals surface area contributed by atoms with Crippen LogP contribution in [0.1, 0.15) is 31.8 Å². The topological polar surface area (TPSA) is 67.8 Å². The van der Waals surface area contributed by atoms with Crippen LogP contribution < -0.4 is 10.2 Å². The average molecular weight is 472 g/mol. The molecule has 0 bridgehead atoms. The maximum Gasteiger partial charge on any atom is 0.345 e. The van der Waals surface area contributed by atoms with Crippen molar-refractivity contribution in [2.24, 2.45) is 5.10 Å². The van der Waals surface area contributed by atoms with Gasteiger partial charge in [-0.05, 0) is 49.4 Å². The third kappa shape index (κ3) is 5.53. The number of aryl methyl sites for hydroxylation is 1. The molecule has 5 nitrogen and oxygen atoms in total. The number of nitrogens with one attached hydrogen (secondary N) is 1. The zero-order valence-electron chi connectivity index (χ0n) is 15.4. The molecule has 0 atom stereocenters. The summed E-state index contributed by atoms with van der Waals surface area (Å²) in [6.45, 7) is 1.90. The van der Waals surface area contributed by atoms with Crippen LogP contribution >= 0.6 is 27.5 Å². The van der Waals surface area contributed by atoms with Gasteiger partial charge in [-0.15, -0.1) is 0 Å². The summed E-state index contributed by atoms with van der Waals surface area (Å²) < 4.78 is 6.24. The summed E-state index contributed by atoms with van der Waals surface area (Å²) in [5, 5.41) is 4.29. The van der Waals surface area contributed by atoms with Crippen molar-refractivity contribution in [3.63, 3.8) is 0 Å². The molecule has 0 aromatic heterocycles. The molecule has 0 unspecified atom stereocenters. The fourth-order valence-corrected chi connectivity index (χ4v) is 3.10. The van der Waals surface area contributed by atoms with Crippen molar-refractivity contribution in [2.45, 2.75) is 6.92 Å². The number of benzene rings is 3. The molecule has 146 valence electrons. The number of esters is 1. The van der Waals surface area contributed by atoms with E-state index in [1.807, 2.05) is 13.0 Å². The minimum absolute atomic E-state index is 0.257. The number of halogens is 2. The van der Waals surface area contributed by atoms with E-state index in [4.69, 9.17) is 16.3 Å². The Bertz CT molecular complexity index is 1100. The quantitative estimate of drug-likeness (QED) is 0.235. The fraction of sp³-hybridized carbons (Fsp3) is 0.0455. The Kier molecular flexibility index (Phi) is 6.80. The van der Waals surface area contributed by atoms with Crippen molar-refractivity contribution in [1.29, 1.82) is 0 Å². The summed E-state index contributed by atoms with van der Waals surface area (Å²) in [5.41, 5.74) is 4.71. The Morgan fingerprint density at radius 3 is 2.62 bits per heavy atom. The highest BCUT2D eigenvalue weighted by molar-refractivity contribution is 9.10. The van der Waals surface area contributed by atoms with Gasteiger partial charge in [0.05, 0.1) is 16.8 Å². The highest BCUT2D eigenvalue weighted by Gasteiger charge is 2.14. The van der Waals surface area contributed by atoms with Gasteiger partial charge in [0.1, 0.15) is 5.75 Å². The molecule has 3 aromatic rings. The van der Waals surface area contributed by atoms with E-state index in [0.717, 1.165) is 10.0 Å². The van der Waals surface area contributed by atoms with E-state index in [0.29, 0.717) is 16.1 Å². The molecule has 29 heavy (non-hydrogen) atoms. The van der Waals surface area contributed by atoms with Crippen molar-refractivity contribution in [1.82, 2.24) is 5.43 Å². The molecule has 0 saturated heterocycles. The number of carbonyl (C=O) groups is 2. The molecule has 0 aliphatic carbocycles. The zero-order chi connectivity index (χ0) is 20.8. The molecule has 0 aliphatic rings. The molecule has 0 fully saturated rings. The molecule has 0 heterocycles. The van der Waals surface area contributed by atoms with Gasteiger partial charge in [-0.2, -0.15) is 5.10 Å². The second-order valence-electron chi connectivity index (χ2n) is 6.12. The summed E-state index contributed by atoms with van der Waals surface area (Å²) in [6.07, 6.45) is 1.41. The Morgan fingerprint density at radius 2 is 1.86 bits per heavy atom. The Morgan fingerprint density at radius 1 is 1.07 bits per heavy atom. The van der Waals surface area contributed by atoms with Crippen LogP contribution in [-0.2, 0) is 0 Å². The summed E-state index contributed by atoms with van der Waals surface area (Å²) in [7, 11) is 0. The number of rotatable bonds is 5. The van der Waals surface area contributed by atoms with Crippen LogP contribution in [0.2, 0.25) is 5.02 Å². The van der Waals surface area contributed by atoms with E-state index in [1.165, 1.54) is 6.21 Å². The molecule has 3 aromatic carbocycles. The first kappa shape index (κ1) is 20.8. The second kappa shape index (κ2) is 9.49. The SMILES string of the molecule is Cc1cccc(C(=O)N/N=C\c2cc(Br)ccc2OC(=O)c2ccccc2Cl)c1. The minimum atomic E-state index is -0.587. The van der Waals surface area contributed by atoms with E-state index in [-0.39, 0.29) is 17.2 Å². The van der Waals surface area contributed by atoms with Crippen LogP contribution in [0, 0.1) is 6.92 Å². The number of hydrogen-bond acceptors (Lipinski definition) is 4. The lowest BCUT2D eigenvalue weighted by Crippen LogP contribution is -2.17. The van der Waals surface area contributed by atoms with Crippen molar-refractivity contribution in [3.8, 4) is 5.75 Å². The van der Waals surface area contributed by atoms with Crippen LogP contribution in [0.25, 0.3) is 0 Å². The lowest BCUT2D eigenvalue weighted by Gasteiger charge is -2.09. The molecular weight excluding hydrogens is 456 g/mol. The number of nitrogens with zero attached hydrogens (tertiary/aromatic N) is 1. The molecule has 0 spiro atoms. The van der Waals surface area contributed by atoms with Crippen molar-refractivity contribution in [2.75, 3.05) is 0 Å². The maximum atomic E-state index is 12.4. The predicted molar refractivity (Wildman–Crippen MR) is 117 cm³/mol. The molecule has 0 aliphatic heterocycles. The van der Waals surface area contributed by atoms with Gasteiger partial charge in [0.15, 0.2) is 0 Å². The molecule has 1 amide bonds. The predicted octanol–water partition coefficient (Wildman–Crippen LogP) is 5.39. The molecule has 7 heteroatoms. The van der Waals surface area contributed by atoms with E-state index >= 15 is 0 Å². The number of ether oxygens (including phenoxy) is 1. The first-order chi connectivity index (χ1) is 13.9. The van der Waals surface area contributed by atoms with Gasteiger partial charge in [0.2, 0.25) is 0 Å². The minimum Gasteiger partial charge on any atom is -0.422 e. The number of hydrazone groups is 1. The summed E-state index contributed by atoms with van der Waals surface area (Å²) in [4.78, 5) is 24.6. The van der Waals surface area contributed by atoms with Crippen LogP contribution in [0.15, 0.2) is 76.3 Å². The van der Waals surface area contributed by atoms with Crippen molar-refractivity contribution in [3.05, 3.63) is 98.5 Å². The fourth-order valence-electron chi connectivity index (χ4n) is 2.51. The van der Waals surface area contributed by atoms with E-state index < -0.39 is 5.97 Å². The third-order valence-electron chi connectivity index (χ3n) is 3.92. The number of amides is 1. The largest absolute Gasteiger partial charge is 0.422 e. The molecule has 3 rings (SSSR count). The standard InChI is InChI=1S/C22H16BrClN2O3/c1-14-5-4-6-15(11-14)21(27)26-25-13-16-12-17(23)9-10-20(16)29-22(28)18-7-2-3-8-19(18)24/h2-13H,1H3,(H,26,27)/b25-13-. The average Bonchev–Trinajstić information content (AvgIpc) is 2.70. The number of hydrogen-bond donors (Lipinski definition) is 1. The second-order valence-corrected chi connectivity index (χ2v) is 7.44. The third-order valence-corrected chi connectivity index (χ3v) is 4.74. The van der Waals surface area contributed by atoms with E-state index in [1.54, 1.807) is 60.7 Å². The van der Waals surface area contributed by atoms with Crippen LogP contribution in [0.3, 0.4) is 0 Å². The normalized spacial score (nSPS) is 10.7. The summed E-state index contributed by atoms with van der Waals surface area (Å²) in [6, 6.07) is 18.9. The number of carbonyl (C=O) groups excluding carboxylic acids is 2. The Hall–Kier alpha value is -2.96. The van der Waals surface area contributed by atoms with Gasteiger partial charge < -0.3 is 4.74 Å². The molecular formula is C22H16BrClN2O3. The van der Waals surface area contributed by atoms with Gasteiger partial charge >= 0.3 is 5.97 Å². The molecule has 0 saturated carbocycles. The zero-order valence-corrected chi connectivity index (χ0v) is 17.7. The van der Waals surface area contributed by atoms with Crippen LogP contribution in [0.5, 0.6) is 5.75 Å². The monoisotopic (exact) mass is 470 g/mol. The highest BCUT2D eigenvalue weighted by Crippen LogP contribution is 2.24. The van der Waals surface area contributed by atoms with Crippen molar-refractivity contribution >= 4 is 45.6 Å². The van der Waals surface area contributed by atoms with Gasteiger partial charge in [0, 0.05) is 15.6 Å². The molecule has 0 radical (unpaired) electrons. The highest BCUT2D eigenvalue weighted by atomic mass is 79.9. The smallest absolute Gasteiger partial charge is 0.345 e. The van der Waals surface area contributed by atoms with Crippen LogP contribution in [0.4, 0.5) is 0 Å². The van der Waals surface area contributed by atoms with Crippen molar-refractivity contribution < 1.29 is 14.3 Å². The summed E-state index contributed by atoms with van der Waals surface area (Å²) in [5.74, 6) is -0.641. The Balaban J connectivity index is 1.76. The lowest BCUT2D eigenvalue weighted by molar-refractivity contribution is 0.0734. The van der Waals surface area contributed by atoms with Gasteiger partial charge in [-0.25, -0.2) is 10.2 Å². The Labute approximate surface area is 181 Å². The first-order valence-electron chi connectivity index (χ1n) is 8.60. The van der Waals surface area contributed by atoms with E-state index in [9.17, 15) is 9.59 Å². The van der Waals surface area contributed by atoms with Gasteiger partial charge in [0.25, 0.3) is 5.91 Å². The van der Waals surface area contributed by atoms with Gasteiger partial charge in [-0.1, -0.05) is 57.4 Å². The summed E-state index contributed by atoms with van der Waals surface area (Å²) >= 11 is 9.43.